The lowest BCUT2D eigenvalue weighted by Gasteiger charge is -2.19. The lowest BCUT2D eigenvalue weighted by atomic mass is 9.87. The van der Waals surface area contributed by atoms with Crippen LogP contribution in [0.4, 0.5) is 5.69 Å². The summed E-state index contributed by atoms with van der Waals surface area (Å²) < 4.78 is 1.81. The fourth-order valence-electron chi connectivity index (χ4n) is 3.87. The van der Waals surface area contributed by atoms with Crippen molar-refractivity contribution >= 4 is 33.1 Å². The Kier molecular flexibility index (Phi) is 5.07. The number of carbonyl (C=O) groups is 1. The number of rotatable bonds is 2. The lowest BCUT2D eigenvalue weighted by Crippen LogP contribution is -2.24. The summed E-state index contributed by atoms with van der Waals surface area (Å²) in [6.07, 6.45) is 4.00. The van der Waals surface area contributed by atoms with E-state index in [9.17, 15) is 9.59 Å². The first-order valence-corrected chi connectivity index (χ1v) is 11.0. The second-order valence-corrected chi connectivity index (χ2v) is 9.81. The molecule has 1 aliphatic rings. The number of anilines is 1. The Morgan fingerprint density at radius 3 is 2.55 bits per heavy atom. The van der Waals surface area contributed by atoms with E-state index in [1.165, 1.54) is 16.9 Å². The van der Waals surface area contributed by atoms with Crippen LogP contribution < -0.4 is 10.9 Å². The minimum Gasteiger partial charge on any atom is -0.321 e. The first kappa shape index (κ1) is 19.8. The molecule has 6 heteroatoms. The van der Waals surface area contributed by atoms with Crippen LogP contribution in [0.2, 0.25) is 0 Å². The number of nitrogens with zero attached hydrogens (tertiary/aromatic N) is 2. The first-order chi connectivity index (χ1) is 13.8. The third-order valence-electron chi connectivity index (χ3n) is 5.63. The van der Waals surface area contributed by atoms with Crippen molar-refractivity contribution in [2.75, 3.05) is 5.32 Å². The van der Waals surface area contributed by atoms with Gasteiger partial charge in [-0.2, -0.15) is 0 Å². The van der Waals surface area contributed by atoms with Crippen molar-refractivity contribution in [1.82, 2.24) is 9.55 Å². The summed E-state index contributed by atoms with van der Waals surface area (Å²) in [5, 5.41) is 3.56. The van der Waals surface area contributed by atoms with Crippen LogP contribution in [0.1, 0.15) is 66.7 Å². The molecule has 4 rings (SSSR count). The summed E-state index contributed by atoms with van der Waals surface area (Å²) in [5.74, 6) is 0.666. The fraction of sp³-hybridized carbons (Fsp3) is 0.435. The largest absolute Gasteiger partial charge is 0.321 e. The van der Waals surface area contributed by atoms with Gasteiger partial charge in [-0.1, -0.05) is 39.3 Å². The predicted octanol–water partition coefficient (Wildman–Crippen LogP) is 5.04. The number of thiophene rings is 1. The Balaban J connectivity index is 1.67. The van der Waals surface area contributed by atoms with Crippen LogP contribution in [0.5, 0.6) is 0 Å². The number of aromatic nitrogens is 2. The number of hydrogen-bond acceptors (Lipinski definition) is 4. The highest BCUT2D eigenvalue weighted by Gasteiger charge is 2.22. The van der Waals surface area contributed by atoms with E-state index in [0.717, 1.165) is 42.8 Å². The van der Waals surface area contributed by atoms with Gasteiger partial charge in [0, 0.05) is 18.7 Å². The monoisotopic (exact) mass is 409 g/mol. The molecule has 0 unspecified atom stereocenters. The molecule has 1 amide bonds. The zero-order valence-electron chi connectivity index (χ0n) is 17.5. The van der Waals surface area contributed by atoms with E-state index in [1.807, 2.05) is 35.8 Å². The van der Waals surface area contributed by atoms with Gasteiger partial charge >= 0.3 is 0 Å². The van der Waals surface area contributed by atoms with Crippen molar-refractivity contribution in [2.45, 2.75) is 65.3 Å². The summed E-state index contributed by atoms with van der Waals surface area (Å²) in [7, 11) is 0. The van der Waals surface area contributed by atoms with Crippen molar-refractivity contribution in [3.63, 3.8) is 0 Å². The van der Waals surface area contributed by atoms with Crippen LogP contribution in [-0.4, -0.2) is 15.5 Å². The Morgan fingerprint density at radius 1 is 1.14 bits per heavy atom. The van der Waals surface area contributed by atoms with Gasteiger partial charge in [0.1, 0.15) is 10.7 Å². The van der Waals surface area contributed by atoms with Crippen molar-refractivity contribution in [3.05, 3.63) is 56.4 Å². The lowest BCUT2D eigenvalue weighted by molar-refractivity contribution is 0.103. The Hall–Kier alpha value is -2.47. The average molecular weight is 410 g/mol. The highest BCUT2D eigenvalue weighted by Crippen LogP contribution is 2.29. The van der Waals surface area contributed by atoms with E-state index in [2.05, 4.69) is 26.1 Å². The maximum absolute atomic E-state index is 13.1. The summed E-state index contributed by atoms with van der Waals surface area (Å²) in [6, 6.07) is 7.93. The molecule has 1 N–H and O–H groups in total. The highest BCUT2D eigenvalue weighted by atomic mass is 32.1. The molecule has 0 saturated heterocycles. The Labute approximate surface area is 174 Å². The number of aryl methyl sites for hydroxylation is 2. The smallest absolute Gasteiger partial charge is 0.266 e. The minimum atomic E-state index is -0.186. The van der Waals surface area contributed by atoms with Crippen LogP contribution in [0.25, 0.3) is 10.2 Å². The summed E-state index contributed by atoms with van der Waals surface area (Å²) >= 11 is 1.32. The zero-order valence-corrected chi connectivity index (χ0v) is 18.3. The number of nitrogens with one attached hydrogen (secondary N) is 1. The Morgan fingerprint density at radius 2 is 1.86 bits per heavy atom. The number of carbonyl (C=O) groups excluding carboxylic acids is 1. The van der Waals surface area contributed by atoms with E-state index in [-0.39, 0.29) is 16.9 Å². The summed E-state index contributed by atoms with van der Waals surface area (Å²) in [4.78, 5) is 32.0. The second-order valence-electron chi connectivity index (χ2n) is 8.81. The van der Waals surface area contributed by atoms with Gasteiger partial charge in [-0.05, 0) is 48.4 Å². The standard InChI is InChI=1S/C23H27N3O2S/c1-14-18-21(25-17-8-6-5-7-13-26(17)22(18)28)29-19(14)20(27)24-16-11-9-15(10-12-16)23(2,3)4/h9-12H,5-8,13H2,1-4H3,(H,24,27). The molecule has 0 aliphatic carbocycles. The average Bonchev–Trinajstić information content (AvgIpc) is 2.84. The van der Waals surface area contributed by atoms with Gasteiger partial charge in [-0.15, -0.1) is 11.3 Å². The molecule has 0 saturated carbocycles. The Bertz CT molecular complexity index is 1130. The van der Waals surface area contributed by atoms with Crippen LogP contribution in [-0.2, 0) is 18.4 Å². The normalized spacial score (nSPS) is 14.5. The van der Waals surface area contributed by atoms with Crippen molar-refractivity contribution < 1.29 is 4.79 Å². The molecule has 2 aromatic heterocycles. The number of fused-ring (bicyclic) bond motifs is 2. The molecule has 152 valence electrons. The van der Waals surface area contributed by atoms with Gasteiger partial charge in [0.25, 0.3) is 11.5 Å². The molecule has 3 heterocycles. The maximum Gasteiger partial charge on any atom is 0.266 e. The van der Waals surface area contributed by atoms with Gasteiger partial charge in [-0.25, -0.2) is 4.98 Å². The minimum absolute atomic E-state index is 0.00534. The number of hydrogen-bond donors (Lipinski definition) is 1. The van der Waals surface area contributed by atoms with E-state index in [1.54, 1.807) is 0 Å². The van der Waals surface area contributed by atoms with Crippen LogP contribution in [0, 0.1) is 6.92 Å². The zero-order chi connectivity index (χ0) is 20.8. The van der Waals surface area contributed by atoms with E-state index < -0.39 is 0 Å². The molecule has 0 radical (unpaired) electrons. The third kappa shape index (κ3) is 3.73. The quantitative estimate of drug-likeness (QED) is 0.645. The van der Waals surface area contributed by atoms with Crippen LogP contribution in [0.15, 0.2) is 29.1 Å². The molecule has 29 heavy (non-hydrogen) atoms. The van der Waals surface area contributed by atoms with E-state index >= 15 is 0 Å². The first-order valence-electron chi connectivity index (χ1n) is 10.2. The van der Waals surface area contributed by atoms with Crippen LogP contribution in [0.3, 0.4) is 0 Å². The summed E-state index contributed by atoms with van der Waals surface area (Å²) in [6.45, 7) is 9.05. The predicted molar refractivity (Wildman–Crippen MR) is 119 cm³/mol. The highest BCUT2D eigenvalue weighted by molar-refractivity contribution is 7.20. The van der Waals surface area contributed by atoms with Crippen molar-refractivity contribution in [1.29, 1.82) is 0 Å². The fourth-order valence-corrected chi connectivity index (χ4v) is 4.95. The van der Waals surface area contributed by atoms with Crippen LogP contribution >= 0.6 is 11.3 Å². The molecule has 0 fully saturated rings. The van der Waals surface area contributed by atoms with Gasteiger partial charge in [-0.3, -0.25) is 14.2 Å². The van der Waals surface area contributed by atoms with Crippen molar-refractivity contribution in [2.24, 2.45) is 0 Å². The van der Waals surface area contributed by atoms with Gasteiger partial charge < -0.3 is 5.32 Å². The number of amides is 1. The molecular formula is C23H27N3O2S. The molecule has 1 aliphatic heterocycles. The molecule has 1 aromatic carbocycles. The number of benzene rings is 1. The SMILES string of the molecule is Cc1c(C(=O)Nc2ccc(C(C)(C)C)cc2)sc2nc3n(c(=O)c12)CCCCC3. The molecule has 5 nitrogen and oxygen atoms in total. The van der Waals surface area contributed by atoms with Gasteiger partial charge in [0.2, 0.25) is 0 Å². The molecule has 0 spiro atoms. The van der Waals surface area contributed by atoms with Gasteiger partial charge in [0.05, 0.1) is 10.3 Å². The van der Waals surface area contributed by atoms with Crippen molar-refractivity contribution in [3.8, 4) is 0 Å². The summed E-state index contributed by atoms with van der Waals surface area (Å²) in [5.41, 5.74) is 2.75. The topological polar surface area (TPSA) is 64.0 Å². The molecule has 0 bridgehead atoms. The maximum atomic E-state index is 13.1. The second kappa shape index (κ2) is 7.41. The molecule has 3 aromatic rings. The molecule has 0 atom stereocenters. The van der Waals surface area contributed by atoms with E-state index in [4.69, 9.17) is 4.98 Å². The van der Waals surface area contributed by atoms with Gasteiger partial charge in [0.15, 0.2) is 0 Å². The van der Waals surface area contributed by atoms with E-state index in [0.29, 0.717) is 21.6 Å². The molecular weight excluding hydrogens is 382 g/mol. The third-order valence-corrected chi connectivity index (χ3v) is 6.81.